The number of benzene rings is 2. The molecule has 0 radical (unpaired) electrons. The number of carbonyl (C=O) groups excluding carboxylic acids is 1. The van der Waals surface area contributed by atoms with Gasteiger partial charge in [0.1, 0.15) is 5.75 Å². The minimum Gasteiger partial charge on any atom is -0.483 e. The summed E-state index contributed by atoms with van der Waals surface area (Å²) in [6.45, 7) is 4.71. The lowest BCUT2D eigenvalue weighted by atomic mass is 10.1. The van der Waals surface area contributed by atoms with Crippen molar-refractivity contribution in [2.45, 2.75) is 26.7 Å². The Morgan fingerprint density at radius 2 is 1.68 bits per heavy atom. The number of rotatable bonds is 7. The zero-order valence-corrected chi connectivity index (χ0v) is 13.3. The maximum absolute atomic E-state index is 11.8. The van der Waals surface area contributed by atoms with Gasteiger partial charge in [0.25, 0.3) is 5.91 Å². The third-order valence-electron chi connectivity index (χ3n) is 3.56. The second kappa shape index (κ2) is 8.23. The van der Waals surface area contributed by atoms with Gasteiger partial charge in [0, 0.05) is 6.54 Å². The second-order valence-corrected chi connectivity index (χ2v) is 5.45. The predicted molar refractivity (Wildman–Crippen MR) is 89.2 cm³/mol. The van der Waals surface area contributed by atoms with E-state index in [-0.39, 0.29) is 12.5 Å². The highest BCUT2D eigenvalue weighted by Gasteiger charge is 2.06. The highest BCUT2D eigenvalue weighted by molar-refractivity contribution is 5.77. The molecule has 1 amide bonds. The Morgan fingerprint density at radius 1 is 1.00 bits per heavy atom. The summed E-state index contributed by atoms with van der Waals surface area (Å²) >= 11 is 0. The average Bonchev–Trinajstić information content (AvgIpc) is 2.52. The monoisotopic (exact) mass is 297 g/mol. The van der Waals surface area contributed by atoms with Gasteiger partial charge in [-0.3, -0.25) is 4.79 Å². The number of nitrogens with one attached hydrogen (secondary N) is 1. The Morgan fingerprint density at radius 3 is 2.36 bits per heavy atom. The first-order chi connectivity index (χ1) is 10.7. The number of amides is 1. The van der Waals surface area contributed by atoms with Crippen LogP contribution in [0.3, 0.4) is 0 Å². The Hall–Kier alpha value is -2.29. The van der Waals surface area contributed by atoms with Crippen molar-refractivity contribution >= 4 is 5.91 Å². The molecule has 0 bridgehead atoms. The Labute approximate surface area is 132 Å². The zero-order valence-electron chi connectivity index (χ0n) is 13.3. The van der Waals surface area contributed by atoms with Gasteiger partial charge in [0.15, 0.2) is 6.61 Å². The summed E-state index contributed by atoms with van der Waals surface area (Å²) in [5.74, 6) is 0.734. The SMILES string of the molecule is Cc1cccc(C)c1OCC(=O)NCCCc1ccccc1. The third-order valence-corrected chi connectivity index (χ3v) is 3.56. The molecule has 0 aliphatic heterocycles. The van der Waals surface area contributed by atoms with Crippen LogP contribution in [0.15, 0.2) is 48.5 Å². The van der Waals surface area contributed by atoms with Crippen LogP contribution in [-0.2, 0) is 11.2 Å². The maximum atomic E-state index is 11.8. The second-order valence-electron chi connectivity index (χ2n) is 5.45. The Kier molecular flexibility index (Phi) is 6.01. The van der Waals surface area contributed by atoms with Crippen LogP contribution < -0.4 is 10.1 Å². The fraction of sp³-hybridized carbons (Fsp3) is 0.316. The molecule has 3 heteroatoms. The molecule has 0 aliphatic carbocycles. The molecule has 0 saturated heterocycles. The number of aryl methyl sites for hydroxylation is 3. The summed E-state index contributed by atoms with van der Waals surface area (Å²) in [6.07, 6.45) is 1.90. The Bertz CT molecular complexity index is 588. The summed E-state index contributed by atoms with van der Waals surface area (Å²) in [5, 5.41) is 2.90. The summed E-state index contributed by atoms with van der Waals surface area (Å²) < 4.78 is 5.63. The zero-order chi connectivity index (χ0) is 15.8. The lowest BCUT2D eigenvalue weighted by molar-refractivity contribution is -0.123. The van der Waals surface area contributed by atoms with E-state index in [2.05, 4.69) is 17.4 Å². The Balaban J connectivity index is 1.68. The van der Waals surface area contributed by atoms with Gasteiger partial charge in [-0.15, -0.1) is 0 Å². The molecule has 0 unspecified atom stereocenters. The van der Waals surface area contributed by atoms with Crippen molar-refractivity contribution in [3.8, 4) is 5.75 Å². The minimum absolute atomic E-state index is 0.0665. The van der Waals surface area contributed by atoms with Crippen molar-refractivity contribution in [1.82, 2.24) is 5.32 Å². The van der Waals surface area contributed by atoms with E-state index in [1.807, 2.05) is 50.2 Å². The molecule has 0 spiro atoms. The number of hydrogen-bond donors (Lipinski definition) is 1. The first-order valence-corrected chi connectivity index (χ1v) is 7.66. The van der Waals surface area contributed by atoms with E-state index in [0.29, 0.717) is 6.54 Å². The van der Waals surface area contributed by atoms with Crippen LogP contribution >= 0.6 is 0 Å². The molecule has 0 atom stereocenters. The number of para-hydroxylation sites is 1. The van der Waals surface area contributed by atoms with Crippen LogP contribution in [0.25, 0.3) is 0 Å². The van der Waals surface area contributed by atoms with Crippen LogP contribution in [0.1, 0.15) is 23.1 Å². The van der Waals surface area contributed by atoms with E-state index in [4.69, 9.17) is 4.74 Å². The summed E-state index contributed by atoms with van der Waals surface area (Å²) in [4.78, 5) is 11.8. The van der Waals surface area contributed by atoms with Crippen molar-refractivity contribution in [3.63, 3.8) is 0 Å². The van der Waals surface area contributed by atoms with Crippen LogP contribution in [-0.4, -0.2) is 19.1 Å². The fourth-order valence-electron chi connectivity index (χ4n) is 2.38. The molecule has 2 aromatic carbocycles. The molecule has 0 saturated carbocycles. The van der Waals surface area contributed by atoms with E-state index in [1.165, 1.54) is 5.56 Å². The van der Waals surface area contributed by atoms with E-state index in [0.717, 1.165) is 29.7 Å². The van der Waals surface area contributed by atoms with E-state index >= 15 is 0 Å². The molecule has 3 nitrogen and oxygen atoms in total. The third kappa shape index (κ3) is 4.92. The summed E-state index contributed by atoms with van der Waals surface area (Å²) in [5.41, 5.74) is 3.40. The summed E-state index contributed by atoms with van der Waals surface area (Å²) in [7, 11) is 0. The number of ether oxygens (including phenoxy) is 1. The van der Waals surface area contributed by atoms with Gasteiger partial charge in [-0.05, 0) is 43.4 Å². The van der Waals surface area contributed by atoms with Gasteiger partial charge in [-0.1, -0.05) is 48.5 Å². The molecular weight excluding hydrogens is 274 g/mol. The molecule has 1 N–H and O–H groups in total. The van der Waals surface area contributed by atoms with E-state index < -0.39 is 0 Å². The number of carbonyl (C=O) groups is 1. The quantitative estimate of drug-likeness (QED) is 0.795. The standard InChI is InChI=1S/C19H23NO2/c1-15-8-6-9-16(2)19(15)22-14-18(21)20-13-7-12-17-10-4-3-5-11-17/h3-6,8-11H,7,12-14H2,1-2H3,(H,20,21). The van der Waals surface area contributed by atoms with Crippen molar-refractivity contribution in [1.29, 1.82) is 0 Å². The van der Waals surface area contributed by atoms with Crippen LogP contribution in [0.2, 0.25) is 0 Å². The van der Waals surface area contributed by atoms with Gasteiger partial charge in [0.05, 0.1) is 0 Å². The van der Waals surface area contributed by atoms with Crippen molar-refractivity contribution in [2.24, 2.45) is 0 Å². The smallest absolute Gasteiger partial charge is 0.257 e. The van der Waals surface area contributed by atoms with Crippen LogP contribution in [0.4, 0.5) is 0 Å². The molecule has 116 valence electrons. The first-order valence-electron chi connectivity index (χ1n) is 7.66. The van der Waals surface area contributed by atoms with E-state index in [1.54, 1.807) is 0 Å². The molecule has 0 aromatic heterocycles. The van der Waals surface area contributed by atoms with Crippen LogP contribution in [0.5, 0.6) is 5.75 Å². The van der Waals surface area contributed by atoms with Gasteiger partial charge in [0.2, 0.25) is 0 Å². The summed E-state index contributed by atoms with van der Waals surface area (Å²) in [6, 6.07) is 16.2. The molecule has 2 rings (SSSR count). The van der Waals surface area contributed by atoms with Gasteiger partial charge in [-0.2, -0.15) is 0 Å². The predicted octanol–water partition coefficient (Wildman–Crippen LogP) is 3.43. The first kappa shape index (κ1) is 16.1. The molecule has 0 fully saturated rings. The van der Waals surface area contributed by atoms with Crippen LogP contribution in [0, 0.1) is 13.8 Å². The highest BCUT2D eigenvalue weighted by atomic mass is 16.5. The van der Waals surface area contributed by atoms with E-state index in [9.17, 15) is 4.79 Å². The van der Waals surface area contributed by atoms with Crippen molar-refractivity contribution < 1.29 is 9.53 Å². The molecular formula is C19H23NO2. The fourth-order valence-corrected chi connectivity index (χ4v) is 2.38. The minimum atomic E-state index is -0.0734. The lowest BCUT2D eigenvalue weighted by Crippen LogP contribution is -2.30. The van der Waals surface area contributed by atoms with Gasteiger partial charge < -0.3 is 10.1 Å². The highest BCUT2D eigenvalue weighted by Crippen LogP contribution is 2.21. The maximum Gasteiger partial charge on any atom is 0.257 e. The van der Waals surface area contributed by atoms with Gasteiger partial charge in [-0.25, -0.2) is 0 Å². The van der Waals surface area contributed by atoms with Crippen molar-refractivity contribution in [2.75, 3.05) is 13.2 Å². The number of hydrogen-bond acceptors (Lipinski definition) is 2. The molecule has 2 aromatic rings. The largest absolute Gasteiger partial charge is 0.483 e. The molecule has 0 aliphatic rings. The normalized spacial score (nSPS) is 10.3. The van der Waals surface area contributed by atoms with Crippen molar-refractivity contribution in [3.05, 3.63) is 65.2 Å². The lowest BCUT2D eigenvalue weighted by Gasteiger charge is -2.12. The average molecular weight is 297 g/mol. The molecule has 22 heavy (non-hydrogen) atoms. The van der Waals surface area contributed by atoms with Gasteiger partial charge >= 0.3 is 0 Å². The molecule has 0 heterocycles. The topological polar surface area (TPSA) is 38.3 Å².